The lowest BCUT2D eigenvalue weighted by atomic mass is 10.0. The summed E-state index contributed by atoms with van der Waals surface area (Å²) >= 11 is 0. The number of hydrogen-bond acceptors (Lipinski definition) is 1. The molecule has 0 saturated heterocycles. The monoisotopic (exact) mass is 215 g/mol. The highest BCUT2D eigenvalue weighted by Crippen LogP contribution is 2.17. The van der Waals surface area contributed by atoms with Crippen molar-refractivity contribution in [2.24, 2.45) is 11.7 Å². The van der Waals surface area contributed by atoms with Crippen LogP contribution in [0.4, 0.5) is 8.78 Å². The summed E-state index contributed by atoms with van der Waals surface area (Å²) in [6, 6.07) is 0. The van der Waals surface area contributed by atoms with Gasteiger partial charge in [-0.15, -0.1) is 0 Å². The second-order valence-corrected chi connectivity index (χ2v) is 3.68. The number of alkyl halides is 2. The van der Waals surface area contributed by atoms with Crippen molar-refractivity contribution >= 4 is 0 Å². The van der Waals surface area contributed by atoms with Crippen LogP contribution in [0.15, 0.2) is 35.6 Å². The SMILES string of the molecule is C=C(C)/C(=C\C=C(\N)C(C)CC)C(F)F. The molecule has 0 aromatic carbocycles. The van der Waals surface area contributed by atoms with Gasteiger partial charge in [0.1, 0.15) is 0 Å². The second-order valence-electron chi connectivity index (χ2n) is 3.68. The van der Waals surface area contributed by atoms with Gasteiger partial charge in [-0.2, -0.15) is 0 Å². The van der Waals surface area contributed by atoms with E-state index in [1.165, 1.54) is 6.08 Å². The molecule has 3 heteroatoms. The van der Waals surface area contributed by atoms with Crippen LogP contribution in [0.25, 0.3) is 0 Å². The Morgan fingerprint density at radius 3 is 2.27 bits per heavy atom. The highest BCUT2D eigenvalue weighted by molar-refractivity contribution is 5.32. The van der Waals surface area contributed by atoms with E-state index in [4.69, 9.17) is 5.73 Å². The van der Waals surface area contributed by atoms with Crippen molar-refractivity contribution in [1.29, 1.82) is 0 Å². The molecule has 15 heavy (non-hydrogen) atoms. The molecule has 0 aliphatic heterocycles. The lowest BCUT2D eigenvalue weighted by Crippen LogP contribution is -2.07. The van der Waals surface area contributed by atoms with Crippen molar-refractivity contribution < 1.29 is 8.78 Å². The predicted molar refractivity (Wildman–Crippen MR) is 60.6 cm³/mol. The molecule has 0 heterocycles. The topological polar surface area (TPSA) is 26.0 Å². The number of halogens is 2. The number of rotatable bonds is 5. The van der Waals surface area contributed by atoms with Gasteiger partial charge in [-0.05, 0) is 30.9 Å². The minimum atomic E-state index is -2.50. The second kappa shape index (κ2) is 6.38. The fourth-order valence-corrected chi connectivity index (χ4v) is 0.987. The molecule has 0 fully saturated rings. The largest absolute Gasteiger partial charge is 0.402 e. The first-order valence-corrected chi connectivity index (χ1v) is 5.01. The Kier molecular flexibility index (Phi) is 5.90. The first-order valence-electron chi connectivity index (χ1n) is 5.01. The minimum absolute atomic E-state index is 0.0544. The molecule has 1 nitrogen and oxygen atoms in total. The van der Waals surface area contributed by atoms with Crippen LogP contribution in [0, 0.1) is 5.92 Å². The molecular formula is C12H19F2N. The van der Waals surface area contributed by atoms with Crippen LogP contribution in [-0.4, -0.2) is 6.43 Å². The van der Waals surface area contributed by atoms with E-state index in [0.29, 0.717) is 11.3 Å². The van der Waals surface area contributed by atoms with Gasteiger partial charge in [0.05, 0.1) is 0 Å². The number of nitrogens with two attached hydrogens (primary N) is 1. The summed E-state index contributed by atoms with van der Waals surface area (Å²) in [5, 5.41) is 0. The Morgan fingerprint density at radius 2 is 1.93 bits per heavy atom. The van der Waals surface area contributed by atoms with Crippen molar-refractivity contribution in [3.05, 3.63) is 35.6 Å². The standard InChI is InChI=1S/C12H19F2N/c1-5-9(4)11(15)7-6-10(8(2)3)12(13)14/h6-7,9,12H,2,5,15H2,1,3-4H3/b10-6+,11-7+. The van der Waals surface area contributed by atoms with Gasteiger partial charge in [-0.3, -0.25) is 0 Å². The van der Waals surface area contributed by atoms with E-state index in [2.05, 4.69) is 6.58 Å². The lowest BCUT2D eigenvalue weighted by Gasteiger charge is -2.08. The third-order valence-corrected chi connectivity index (χ3v) is 2.36. The fraction of sp³-hybridized carbons (Fsp3) is 0.500. The van der Waals surface area contributed by atoms with Gasteiger partial charge < -0.3 is 5.73 Å². The van der Waals surface area contributed by atoms with Crippen molar-refractivity contribution in [2.75, 3.05) is 0 Å². The Morgan fingerprint density at radius 1 is 1.40 bits per heavy atom. The van der Waals surface area contributed by atoms with E-state index >= 15 is 0 Å². The van der Waals surface area contributed by atoms with Gasteiger partial charge in [0.15, 0.2) is 0 Å². The van der Waals surface area contributed by atoms with Crippen LogP contribution < -0.4 is 5.73 Å². The molecule has 0 amide bonds. The molecule has 0 aromatic heterocycles. The van der Waals surface area contributed by atoms with Crippen LogP contribution in [-0.2, 0) is 0 Å². The third kappa shape index (κ3) is 4.77. The summed E-state index contributed by atoms with van der Waals surface area (Å²) in [7, 11) is 0. The summed E-state index contributed by atoms with van der Waals surface area (Å²) in [6.07, 6.45) is 1.30. The van der Waals surface area contributed by atoms with Crippen molar-refractivity contribution in [1.82, 2.24) is 0 Å². The first kappa shape index (κ1) is 13.9. The van der Waals surface area contributed by atoms with Gasteiger partial charge in [-0.1, -0.05) is 26.5 Å². The van der Waals surface area contributed by atoms with Gasteiger partial charge >= 0.3 is 0 Å². The maximum absolute atomic E-state index is 12.5. The molecule has 1 atom stereocenters. The summed E-state index contributed by atoms with van der Waals surface area (Å²) in [6.45, 7) is 9.02. The molecule has 0 radical (unpaired) electrons. The molecule has 0 aliphatic rings. The van der Waals surface area contributed by atoms with Crippen LogP contribution in [0.5, 0.6) is 0 Å². The highest BCUT2D eigenvalue weighted by Gasteiger charge is 2.10. The molecule has 0 aromatic rings. The predicted octanol–water partition coefficient (Wildman–Crippen LogP) is 3.64. The minimum Gasteiger partial charge on any atom is -0.402 e. The van der Waals surface area contributed by atoms with Crippen LogP contribution in [0.2, 0.25) is 0 Å². The maximum atomic E-state index is 12.5. The van der Waals surface area contributed by atoms with Gasteiger partial charge in [0.2, 0.25) is 0 Å². The average Bonchev–Trinajstić information content (AvgIpc) is 2.15. The molecule has 86 valence electrons. The zero-order valence-electron chi connectivity index (χ0n) is 9.56. The van der Waals surface area contributed by atoms with Crippen LogP contribution in [0.3, 0.4) is 0 Å². The Hall–Kier alpha value is -1.12. The number of allylic oxidation sites excluding steroid dienone is 5. The van der Waals surface area contributed by atoms with Crippen LogP contribution >= 0.6 is 0 Å². The highest BCUT2D eigenvalue weighted by atomic mass is 19.3. The van der Waals surface area contributed by atoms with Gasteiger partial charge in [0, 0.05) is 11.3 Å². The average molecular weight is 215 g/mol. The van der Waals surface area contributed by atoms with Crippen molar-refractivity contribution in [3.63, 3.8) is 0 Å². The van der Waals surface area contributed by atoms with E-state index in [0.717, 1.165) is 6.42 Å². The molecule has 1 unspecified atom stereocenters. The fourth-order valence-electron chi connectivity index (χ4n) is 0.987. The zero-order chi connectivity index (χ0) is 12.0. The molecule has 0 aliphatic carbocycles. The molecule has 0 spiro atoms. The molecule has 0 bridgehead atoms. The normalized spacial score (nSPS) is 15.6. The third-order valence-electron chi connectivity index (χ3n) is 2.36. The molecule has 0 saturated carbocycles. The Balaban J connectivity index is 4.79. The molecular weight excluding hydrogens is 196 g/mol. The van der Waals surface area contributed by atoms with E-state index < -0.39 is 6.43 Å². The maximum Gasteiger partial charge on any atom is 0.264 e. The Bertz CT molecular complexity index is 277. The quantitative estimate of drug-likeness (QED) is 0.696. The van der Waals surface area contributed by atoms with Crippen molar-refractivity contribution in [2.45, 2.75) is 33.6 Å². The summed E-state index contributed by atoms with van der Waals surface area (Å²) in [4.78, 5) is 0. The zero-order valence-corrected chi connectivity index (χ0v) is 9.56. The summed E-state index contributed by atoms with van der Waals surface area (Å²) < 4.78 is 25.0. The smallest absolute Gasteiger partial charge is 0.264 e. The summed E-state index contributed by atoms with van der Waals surface area (Å²) in [5.74, 6) is 0.213. The van der Waals surface area contributed by atoms with E-state index in [-0.39, 0.29) is 11.5 Å². The van der Waals surface area contributed by atoms with Crippen molar-refractivity contribution in [3.8, 4) is 0 Å². The Labute approximate surface area is 90.4 Å². The van der Waals surface area contributed by atoms with E-state index in [9.17, 15) is 8.78 Å². The first-order chi connectivity index (χ1) is 6.90. The van der Waals surface area contributed by atoms with Gasteiger partial charge in [0.25, 0.3) is 6.43 Å². The molecule has 2 N–H and O–H groups in total. The van der Waals surface area contributed by atoms with E-state index in [1.807, 2.05) is 13.8 Å². The van der Waals surface area contributed by atoms with Crippen LogP contribution in [0.1, 0.15) is 27.2 Å². The van der Waals surface area contributed by atoms with E-state index in [1.54, 1.807) is 13.0 Å². The number of hydrogen-bond donors (Lipinski definition) is 1. The summed E-state index contributed by atoms with van der Waals surface area (Å²) in [5.41, 5.74) is 6.66. The van der Waals surface area contributed by atoms with Gasteiger partial charge in [-0.25, -0.2) is 8.78 Å². The molecule has 0 rings (SSSR count). The lowest BCUT2D eigenvalue weighted by molar-refractivity contribution is 0.192.